The standard InChI is InChI=1S/C13H19N3O2/c14-18-9-6-12-5-1-2-8-16(12)13(17)11-4-3-7-15-10-11/h3-4,7,10,12H,1-2,5-6,8-9,14H2. The van der Waals surface area contributed by atoms with Gasteiger partial charge in [-0.3, -0.25) is 9.78 Å². The van der Waals surface area contributed by atoms with Crippen LogP contribution < -0.4 is 5.90 Å². The van der Waals surface area contributed by atoms with Gasteiger partial charge >= 0.3 is 0 Å². The Balaban J connectivity index is 2.06. The lowest BCUT2D eigenvalue weighted by Gasteiger charge is -2.35. The average Bonchev–Trinajstić information content (AvgIpc) is 2.45. The van der Waals surface area contributed by atoms with Gasteiger partial charge in [0.1, 0.15) is 0 Å². The highest BCUT2D eigenvalue weighted by molar-refractivity contribution is 5.94. The van der Waals surface area contributed by atoms with Crippen LogP contribution in [0.2, 0.25) is 0 Å². The van der Waals surface area contributed by atoms with Gasteiger partial charge in [-0.2, -0.15) is 0 Å². The topological polar surface area (TPSA) is 68.5 Å². The Morgan fingerprint density at radius 2 is 2.44 bits per heavy atom. The first-order valence-corrected chi connectivity index (χ1v) is 6.35. The maximum atomic E-state index is 12.4. The largest absolute Gasteiger partial charge is 0.336 e. The molecule has 1 saturated heterocycles. The normalized spacial score (nSPS) is 19.8. The van der Waals surface area contributed by atoms with Gasteiger partial charge in [0, 0.05) is 25.0 Å². The highest BCUT2D eigenvalue weighted by Gasteiger charge is 2.27. The molecule has 0 radical (unpaired) electrons. The molecule has 1 aliphatic rings. The summed E-state index contributed by atoms with van der Waals surface area (Å²) in [6.07, 6.45) is 7.33. The molecule has 18 heavy (non-hydrogen) atoms. The molecule has 0 aliphatic carbocycles. The Kier molecular flexibility index (Phi) is 4.66. The number of nitrogens with zero attached hydrogens (tertiary/aromatic N) is 2. The van der Waals surface area contributed by atoms with Gasteiger partial charge in [0.15, 0.2) is 0 Å². The van der Waals surface area contributed by atoms with E-state index >= 15 is 0 Å². The second kappa shape index (κ2) is 6.47. The van der Waals surface area contributed by atoms with Crippen LogP contribution in [-0.2, 0) is 4.84 Å². The molecule has 5 nitrogen and oxygen atoms in total. The molecule has 1 aromatic heterocycles. The molecule has 0 saturated carbocycles. The third-order valence-electron chi connectivity index (χ3n) is 3.37. The maximum Gasteiger partial charge on any atom is 0.255 e. The second-order valence-electron chi connectivity index (χ2n) is 4.55. The van der Waals surface area contributed by atoms with E-state index in [1.807, 2.05) is 4.90 Å². The number of nitrogens with two attached hydrogens (primary N) is 1. The van der Waals surface area contributed by atoms with Crippen LogP contribution in [0.1, 0.15) is 36.0 Å². The van der Waals surface area contributed by atoms with Crippen LogP contribution in [0.15, 0.2) is 24.5 Å². The number of piperidine rings is 1. The average molecular weight is 249 g/mol. The fraction of sp³-hybridized carbons (Fsp3) is 0.538. The summed E-state index contributed by atoms with van der Waals surface area (Å²) in [5, 5.41) is 0. The predicted octanol–water partition coefficient (Wildman–Crippen LogP) is 1.36. The van der Waals surface area contributed by atoms with Crippen molar-refractivity contribution in [2.45, 2.75) is 31.7 Å². The second-order valence-corrected chi connectivity index (χ2v) is 4.55. The van der Waals surface area contributed by atoms with E-state index in [-0.39, 0.29) is 11.9 Å². The molecule has 2 rings (SSSR count). The van der Waals surface area contributed by atoms with E-state index in [1.165, 1.54) is 0 Å². The zero-order valence-electron chi connectivity index (χ0n) is 10.4. The minimum atomic E-state index is 0.0600. The third kappa shape index (κ3) is 3.05. The van der Waals surface area contributed by atoms with Crippen LogP contribution >= 0.6 is 0 Å². The Hall–Kier alpha value is -1.46. The van der Waals surface area contributed by atoms with E-state index in [0.29, 0.717) is 12.2 Å². The lowest BCUT2D eigenvalue weighted by Crippen LogP contribution is -2.44. The van der Waals surface area contributed by atoms with E-state index in [9.17, 15) is 4.79 Å². The highest BCUT2D eigenvalue weighted by atomic mass is 16.6. The summed E-state index contributed by atoms with van der Waals surface area (Å²) < 4.78 is 0. The van der Waals surface area contributed by atoms with Gasteiger partial charge in [0.2, 0.25) is 0 Å². The summed E-state index contributed by atoms with van der Waals surface area (Å²) in [7, 11) is 0. The molecule has 0 spiro atoms. The molecule has 5 heteroatoms. The van der Waals surface area contributed by atoms with Crippen LogP contribution in [0.5, 0.6) is 0 Å². The first-order valence-electron chi connectivity index (χ1n) is 6.35. The third-order valence-corrected chi connectivity index (χ3v) is 3.37. The van der Waals surface area contributed by atoms with Gasteiger partial charge in [-0.1, -0.05) is 0 Å². The molecular weight excluding hydrogens is 230 g/mol. The fourth-order valence-electron chi connectivity index (χ4n) is 2.43. The number of hydrogen-bond acceptors (Lipinski definition) is 4. The summed E-state index contributed by atoms with van der Waals surface area (Å²) in [5.41, 5.74) is 0.651. The Labute approximate surface area is 107 Å². The van der Waals surface area contributed by atoms with Crippen molar-refractivity contribution in [1.82, 2.24) is 9.88 Å². The van der Waals surface area contributed by atoms with E-state index < -0.39 is 0 Å². The Morgan fingerprint density at radius 1 is 1.56 bits per heavy atom. The molecular formula is C13H19N3O2. The molecule has 1 aliphatic heterocycles. The van der Waals surface area contributed by atoms with Crippen LogP contribution in [-0.4, -0.2) is 35.0 Å². The zero-order valence-corrected chi connectivity index (χ0v) is 10.4. The number of carbonyl (C=O) groups is 1. The fourth-order valence-corrected chi connectivity index (χ4v) is 2.43. The smallest absolute Gasteiger partial charge is 0.255 e. The minimum absolute atomic E-state index is 0.0600. The number of rotatable bonds is 4. The molecule has 1 atom stereocenters. The zero-order chi connectivity index (χ0) is 12.8. The molecule has 0 aromatic carbocycles. The SMILES string of the molecule is NOCCC1CCCCN1C(=O)c1cccnc1. The van der Waals surface area contributed by atoms with Crippen LogP contribution in [0, 0.1) is 0 Å². The summed E-state index contributed by atoms with van der Waals surface area (Å²) in [6, 6.07) is 3.82. The van der Waals surface area contributed by atoms with Crippen LogP contribution in [0.3, 0.4) is 0 Å². The summed E-state index contributed by atoms with van der Waals surface area (Å²) in [4.78, 5) is 22.9. The Morgan fingerprint density at radius 3 is 3.17 bits per heavy atom. The molecule has 2 N–H and O–H groups in total. The predicted molar refractivity (Wildman–Crippen MR) is 67.7 cm³/mol. The van der Waals surface area contributed by atoms with Crippen LogP contribution in [0.4, 0.5) is 0 Å². The minimum Gasteiger partial charge on any atom is -0.336 e. The summed E-state index contributed by atoms with van der Waals surface area (Å²) in [6.45, 7) is 1.30. The van der Waals surface area contributed by atoms with Crippen molar-refractivity contribution in [2.24, 2.45) is 5.90 Å². The first-order chi connectivity index (χ1) is 8.83. The van der Waals surface area contributed by atoms with Gasteiger partial charge in [-0.15, -0.1) is 0 Å². The van der Waals surface area contributed by atoms with Crippen molar-refractivity contribution < 1.29 is 9.63 Å². The van der Waals surface area contributed by atoms with Crippen molar-refractivity contribution in [3.63, 3.8) is 0 Å². The first kappa shape index (κ1) is 13.0. The van der Waals surface area contributed by atoms with Gasteiger partial charge < -0.3 is 9.74 Å². The number of aromatic nitrogens is 1. The van der Waals surface area contributed by atoms with E-state index in [2.05, 4.69) is 9.82 Å². The number of pyridine rings is 1. The quantitative estimate of drug-likeness (QED) is 0.818. The lowest BCUT2D eigenvalue weighted by molar-refractivity contribution is 0.0513. The van der Waals surface area contributed by atoms with Gasteiger partial charge in [-0.05, 0) is 37.8 Å². The Bertz CT molecular complexity index is 383. The molecule has 0 bridgehead atoms. The van der Waals surface area contributed by atoms with E-state index in [1.54, 1.807) is 24.5 Å². The van der Waals surface area contributed by atoms with E-state index in [4.69, 9.17) is 5.90 Å². The molecule has 1 aromatic rings. The van der Waals surface area contributed by atoms with Crippen molar-refractivity contribution in [3.8, 4) is 0 Å². The number of amides is 1. The number of hydrogen-bond donors (Lipinski definition) is 1. The molecule has 98 valence electrons. The van der Waals surface area contributed by atoms with Gasteiger partial charge in [-0.25, -0.2) is 5.90 Å². The molecule has 1 amide bonds. The van der Waals surface area contributed by atoms with Crippen molar-refractivity contribution in [3.05, 3.63) is 30.1 Å². The monoisotopic (exact) mass is 249 g/mol. The molecule has 2 heterocycles. The van der Waals surface area contributed by atoms with Gasteiger partial charge in [0.05, 0.1) is 12.2 Å². The maximum absolute atomic E-state index is 12.4. The summed E-state index contributed by atoms with van der Waals surface area (Å²) in [5.74, 6) is 5.12. The van der Waals surface area contributed by atoms with Crippen molar-refractivity contribution >= 4 is 5.91 Å². The van der Waals surface area contributed by atoms with Crippen molar-refractivity contribution in [2.75, 3.05) is 13.2 Å². The number of likely N-dealkylation sites (tertiary alicyclic amines) is 1. The van der Waals surface area contributed by atoms with Gasteiger partial charge in [0.25, 0.3) is 5.91 Å². The van der Waals surface area contributed by atoms with Crippen LogP contribution in [0.25, 0.3) is 0 Å². The van der Waals surface area contributed by atoms with E-state index in [0.717, 1.165) is 32.2 Å². The van der Waals surface area contributed by atoms with Crippen molar-refractivity contribution in [1.29, 1.82) is 0 Å². The highest BCUT2D eigenvalue weighted by Crippen LogP contribution is 2.21. The summed E-state index contributed by atoms with van der Waals surface area (Å²) >= 11 is 0. The molecule has 1 fully saturated rings. The number of carbonyl (C=O) groups excluding carboxylic acids is 1. The molecule has 1 unspecified atom stereocenters. The lowest BCUT2D eigenvalue weighted by atomic mass is 9.98.